The Hall–Kier alpha value is -0.150. The van der Waals surface area contributed by atoms with Crippen LogP contribution in [0.25, 0.3) is 0 Å². The van der Waals surface area contributed by atoms with E-state index in [2.05, 4.69) is 30.7 Å². The minimum atomic E-state index is -0.668. The summed E-state index contributed by atoms with van der Waals surface area (Å²) < 4.78 is 12.6. The van der Waals surface area contributed by atoms with Crippen LogP contribution in [-0.2, 0) is 0 Å². The van der Waals surface area contributed by atoms with Gasteiger partial charge in [0.15, 0.2) is 0 Å². The van der Waals surface area contributed by atoms with Gasteiger partial charge in [-0.3, -0.25) is 4.90 Å². The lowest BCUT2D eigenvalue weighted by atomic mass is 10.1. The van der Waals surface area contributed by atoms with Crippen molar-refractivity contribution in [2.75, 3.05) is 26.7 Å². The van der Waals surface area contributed by atoms with Crippen LogP contribution in [-0.4, -0.2) is 54.7 Å². The summed E-state index contributed by atoms with van der Waals surface area (Å²) in [5, 5.41) is 0. The Morgan fingerprint density at radius 3 is 2.36 bits per heavy atom. The van der Waals surface area contributed by atoms with Gasteiger partial charge in [0.2, 0.25) is 0 Å². The molecule has 0 aliphatic carbocycles. The number of hydrogen-bond donors (Lipinski definition) is 0. The lowest BCUT2D eigenvalue weighted by Gasteiger charge is -2.46. The predicted molar refractivity (Wildman–Crippen MR) is 58.3 cm³/mol. The summed E-state index contributed by atoms with van der Waals surface area (Å²) in [7, 11) is 2.10. The zero-order valence-electron chi connectivity index (χ0n) is 9.83. The molecule has 14 heavy (non-hydrogen) atoms. The minimum absolute atomic E-state index is 0.649. The van der Waals surface area contributed by atoms with E-state index in [1.165, 1.54) is 0 Å². The maximum Gasteiger partial charge on any atom is 0.0985 e. The fraction of sp³-hybridized carbons (Fsp3) is 1.00. The van der Waals surface area contributed by atoms with E-state index in [1.54, 1.807) is 6.92 Å². The molecule has 1 aliphatic rings. The zero-order valence-corrected chi connectivity index (χ0v) is 9.83. The van der Waals surface area contributed by atoms with Crippen LogP contribution in [0.2, 0.25) is 0 Å². The maximum atomic E-state index is 12.6. The fourth-order valence-electron chi connectivity index (χ4n) is 1.75. The molecule has 1 heterocycles. The highest BCUT2D eigenvalue weighted by Crippen LogP contribution is 2.16. The summed E-state index contributed by atoms with van der Waals surface area (Å²) in [6.45, 7) is 9.26. The van der Waals surface area contributed by atoms with Crippen molar-refractivity contribution in [3.05, 3.63) is 0 Å². The zero-order chi connectivity index (χ0) is 10.7. The number of alkyl halides is 1. The van der Waals surface area contributed by atoms with Gasteiger partial charge >= 0.3 is 0 Å². The van der Waals surface area contributed by atoms with Gasteiger partial charge in [0, 0.05) is 31.7 Å². The molecular formula is C11H23FN2. The van der Waals surface area contributed by atoms with Crippen LogP contribution in [0.3, 0.4) is 0 Å². The third-order valence-corrected chi connectivity index (χ3v) is 3.12. The molecule has 0 aromatic heterocycles. The summed E-state index contributed by atoms with van der Waals surface area (Å²) in [6, 6.07) is 1.30. The molecule has 0 radical (unpaired) electrons. The average molecular weight is 202 g/mol. The number of halogens is 1. The molecule has 1 rings (SSSR count). The van der Waals surface area contributed by atoms with E-state index in [0.717, 1.165) is 19.6 Å². The standard InChI is InChI=1S/C11H23FN2/c1-9(2)14-7-11(8-14)13(4)6-5-10(3)12/h9-11H,5-8H2,1-4H3. The Kier molecular flexibility index (Phi) is 4.32. The summed E-state index contributed by atoms with van der Waals surface area (Å²) in [6.07, 6.45) is -0.00646. The van der Waals surface area contributed by atoms with Gasteiger partial charge in [-0.1, -0.05) is 0 Å². The highest BCUT2D eigenvalue weighted by molar-refractivity contribution is 4.88. The number of likely N-dealkylation sites (N-methyl/N-ethyl adjacent to an activating group) is 1. The monoisotopic (exact) mass is 202 g/mol. The molecule has 3 heteroatoms. The number of nitrogens with zero attached hydrogens (tertiary/aromatic N) is 2. The molecule has 1 saturated heterocycles. The second-order valence-electron chi connectivity index (χ2n) is 4.75. The van der Waals surface area contributed by atoms with Crippen LogP contribution < -0.4 is 0 Å². The first-order valence-electron chi connectivity index (χ1n) is 5.59. The Morgan fingerprint density at radius 1 is 1.36 bits per heavy atom. The normalized spacial score (nSPS) is 21.6. The molecule has 0 bridgehead atoms. The van der Waals surface area contributed by atoms with Crippen molar-refractivity contribution in [3.8, 4) is 0 Å². The second-order valence-corrected chi connectivity index (χ2v) is 4.75. The van der Waals surface area contributed by atoms with Crippen molar-refractivity contribution < 1.29 is 4.39 Å². The molecule has 1 atom stereocenters. The van der Waals surface area contributed by atoms with Crippen LogP contribution in [0.4, 0.5) is 4.39 Å². The summed E-state index contributed by atoms with van der Waals surface area (Å²) >= 11 is 0. The van der Waals surface area contributed by atoms with Gasteiger partial charge in [-0.2, -0.15) is 0 Å². The highest BCUT2D eigenvalue weighted by atomic mass is 19.1. The molecule has 0 amide bonds. The molecule has 1 unspecified atom stereocenters. The van der Waals surface area contributed by atoms with E-state index < -0.39 is 6.17 Å². The quantitative estimate of drug-likeness (QED) is 0.670. The summed E-state index contributed by atoms with van der Waals surface area (Å²) in [5.74, 6) is 0. The molecule has 0 spiro atoms. The largest absolute Gasteiger partial charge is 0.301 e. The number of likely N-dealkylation sites (tertiary alicyclic amines) is 1. The van der Waals surface area contributed by atoms with Crippen LogP contribution in [0.5, 0.6) is 0 Å². The van der Waals surface area contributed by atoms with Gasteiger partial charge in [-0.05, 0) is 34.2 Å². The molecule has 2 nitrogen and oxygen atoms in total. The van der Waals surface area contributed by atoms with Crippen molar-refractivity contribution in [2.24, 2.45) is 0 Å². The smallest absolute Gasteiger partial charge is 0.0985 e. The van der Waals surface area contributed by atoms with E-state index in [4.69, 9.17) is 0 Å². The Morgan fingerprint density at radius 2 is 1.93 bits per heavy atom. The van der Waals surface area contributed by atoms with Crippen LogP contribution in [0.15, 0.2) is 0 Å². The molecule has 1 aliphatic heterocycles. The van der Waals surface area contributed by atoms with Crippen molar-refractivity contribution in [2.45, 2.75) is 45.4 Å². The average Bonchev–Trinajstić information content (AvgIpc) is 1.97. The van der Waals surface area contributed by atoms with Crippen LogP contribution in [0.1, 0.15) is 27.2 Å². The van der Waals surface area contributed by atoms with Crippen LogP contribution in [0, 0.1) is 0 Å². The van der Waals surface area contributed by atoms with Crippen molar-refractivity contribution in [1.29, 1.82) is 0 Å². The molecule has 0 saturated carbocycles. The molecule has 1 fully saturated rings. The lowest BCUT2D eigenvalue weighted by Crippen LogP contribution is -2.60. The Bertz CT molecular complexity index is 162. The van der Waals surface area contributed by atoms with Gasteiger partial charge in [0.05, 0.1) is 6.17 Å². The lowest BCUT2D eigenvalue weighted by molar-refractivity contribution is 0.0242. The predicted octanol–water partition coefficient (Wildman–Crippen LogP) is 1.76. The van der Waals surface area contributed by atoms with Gasteiger partial charge in [-0.25, -0.2) is 4.39 Å². The number of rotatable bonds is 5. The minimum Gasteiger partial charge on any atom is -0.301 e. The first-order valence-corrected chi connectivity index (χ1v) is 5.59. The van der Waals surface area contributed by atoms with Gasteiger partial charge in [0.25, 0.3) is 0 Å². The van der Waals surface area contributed by atoms with E-state index in [1.807, 2.05) is 0 Å². The number of hydrogen-bond acceptors (Lipinski definition) is 2. The topological polar surface area (TPSA) is 6.48 Å². The Labute approximate surface area is 87.1 Å². The van der Waals surface area contributed by atoms with Crippen LogP contribution >= 0.6 is 0 Å². The first kappa shape index (κ1) is 11.9. The van der Waals surface area contributed by atoms with Gasteiger partial charge in [-0.15, -0.1) is 0 Å². The molecule has 0 aromatic carbocycles. The molecule has 84 valence electrons. The second kappa shape index (κ2) is 5.08. The summed E-state index contributed by atoms with van der Waals surface area (Å²) in [4.78, 5) is 4.73. The van der Waals surface area contributed by atoms with E-state index in [0.29, 0.717) is 18.5 Å². The van der Waals surface area contributed by atoms with Crippen molar-refractivity contribution in [1.82, 2.24) is 9.80 Å². The Balaban J connectivity index is 2.13. The van der Waals surface area contributed by atoms with Gasteiger partial charge in [0.1, 0.15) is 0 Å². The summed E-state index contributed by atoms with van der Waals surface area (Å²) in [5.41, 5.74) is 0. The molecular weight excluding hydrogens is 179 g/mol. The van der Waals surface area contributed by atoms with Crippen molar-refractivity contribution in [3.63, 3.8) is 0 Å². The molecule has 0 aromatic rings. The van der Waals surface area contributed by atoms with E-state index in [-0.39, 0.29) is 0 Å². The first-order chi connectivity index (χ1) is 6.50. The fourth-order valence-corrected chi connectivity index (χ4v) is 1.75. The molecule has 0 N–H and O–H groups in total. The van der Waals surface area contributed by atoms with Crippen molar-refractivity contribution >= 4 is 0 Å². The third kappa shape index (κ3) is 3.21. The van der Waals surface area contributed by atoms with E-state index in [9.17, 15) is 4.39 Å². The third-order valence-electron chi connectivity index (χ3n) is 3.12. The maximum absolute atomic E-state index is 12.6. The van der Waals surface area contributed by atoms with E-state index >= 15 is 0 Å². The highest BCUT2D eigenvalue weighted by Gasteiger charge is 2.30. The SMILES string of the molecule is CC(F)CCN(C)C1CN(C(C)C)C1. The van der Waals surface area contributed by atoms with Gasteiger partial charge < -0.3 is 4.90 Å².